The fourth-order valence-electron chi connectivity index (χ4n) is 4.33. The first-order valence-corrected chi connectivity index (χ1v) is 11.8. The summed E-state index contributed by atoms with van der Waals surface area (Å²) in [4.78, 5) is 33.9. The molecule has 3 aromatic rings. The van der Waals surface area contributed by atoms with Gasteiger partial charge in [0.15, 0.2) is 11.4 Å². The van der Waals surface area contributed by atoms with Gasteiger partial charge in [-0.05, 0) is 30.7 Å². The number of para-hydroxylation sites is 1. The van der Waals surface area contributed by atoms with Crippen LogP contribution in [0.1, 0.15) is 18.2 Å². The molecule has 0 spiro atoms. The molecular weight excluding hydrogens is 462 g/mol. The van der Waals surface area contributed by atoms with Crippen LogP contribution in [0.3, 0.4) is 0 Å². The van der Waals surface area contributed by atoms with E-state index in [1.165, 1.54) is 0 Å². The SMILES string of the molecule is CCN1CCN(c2nc(C#Cc3ccccc3OCCO)c3c4c(cccc24)OC(=O)C(=O)O3)CC1. The number of piperazine rings is 1. The number of aromatic nitrogens is 1. The van der Waals surface area contributed by atoms with Crippen LogP contribution in [-0.2, 0) is 9.59 Å². The minimum atomic E-state index is -1.13. The maximum absolute atomic E-state index is 12.3. The monoisotopic (exact) mass is 487 g/mol. The van der Waals surface area contributed by atoms with Crippen LogP contribution >= 0.6 is 0 Å². The van der Waals surface area contributed by atoms with Crippen LogP contribution in [0.4, 0.5) is 5.82 Å². The Morgan fingerprint density at radius 1 is 1.00 bits per heavy atom. The molecule has 9 nitrogen and oxygen atoms in total. The number of carbonyl (C=O) groups excluding carboxylic acids is 2. The molecule has 0 aliphatic carbocycles. The Hall–Kier alpha value is -4.13. The van der Waals surface area contributed by atoms with Crippen LogP contribution in [0.15, 0.2) is 42.5 Å². The molecule has 9 heteroatoms. The van der Waals surface area contributed by atoms with Gasteiger partial charge in [0.1, 0.15) is 23.9 Å². The number of rotatable bonds is 5. The number of aliphatic hydroxyl groups excluding tert-OH is 1. The fourth-order valence-corrected chi connectivity index (χ4v) is 4.33. The number of likely N-dealkylation sites (N-methyl/N-ethyl adjacent to an activating group) is 1. The lowest BCUT2D eigenvalue weighted by molar-refractivity contribution is -0.155. The van der Waals surface area contributed by atoms with Gasteiger partial charge in [-0.2, -0.15) is 0 Å². The van der Waals surface area contributed by atoms with Crippen molar-refractivity contribution < 1.29 is 28.9 Å². The number of hydrogen-bond donors (Lipinski definition) is 1. The predicted molar refractivity (Wildman–Crippen MR) is 132 cm³/mol. The molecule has 0 amide bonds. The lowest BCUT2D eigenvalue weighted by Crippen LogP contribution is -2.46. The van der Waals surface area contributed by atoms with Gasteiger partial charge < -0.3 is 29.1 Å². The summed E-state index contributed by atoms with van der Waals surface area (Å²) in [5, 5.41) is 10.3. The van der Waals surface area contributed by atoms with Crippen molar-refractivity contribution in [2.24, 2.45) is 0 Å². The molecule has 184 valence electrons. The van der Waals surface area contributed by atoms with Crippen molar-refractivity contribution in [2.75, 3.05) is 50.8 Å². The standard InChI is InChI=1S/C27H25N3O6/c1-2-29-12-14-30(15-13-29)25-19-7-5-9-22-23(19)24(36-27(33)26(32)35-22)20(28-25)11-10-18-6-3-4-8-21(18)34-17-16-31/h3-9,31H,2,12-17H2,1H3. The molecule has 1 fully saturated rings. The first-order chi connectivity index (χ1) is 17.6. The summed E-state index contributed by atoms with van der Waals surface area (Å²) >= 11 is 0. The highest BCUT2D eigenvalue weighted by atomic mass is 16.6. The Morgan fingerprint density at radius 2 is 1.78 bits per heavy atom. The summed E-state index contributed by atoms with van der Waals surface area (Å²) in [5.74, 6) is 5.37. The second-order valence-corrected chi connectivity index (χ2v) is 8.31. The van der Waals surface area contributed by atoms with Gasteiger partial charge in [-0.1, -0.05) is 37.1 Å². The van der Waals surface area contributed by atoms with Crippen LogP contribution in [-0.4, -0.2) is 72.9 Å². The third kappa shape index (κ3) is 4.56. The Bertz CT molecular complexity index is 1390. The van der Waals surface area contributed by atoms with Crippen LogP contribution in [0.2, 0.25) is 0 Å². The second-order valence-electron chi connectivity index (χ2n) is 8.31. The molecule has 1 N–H and O–H groups in total. The van der Waals surface area contributed by atoms with E-state index in [-0.39, 0.29) is 30.4 Å². The fraction of sp³-hybridized carbons (Fsp3) is 0.296. The number of benzene rings is 2. The first-order valence-electron chi connectivity index (χ1n) is 11.8. The van der Waals surface area contributed by atoms with Gasteiger partial charge in [-0.25, -0.2) is 14.6 Å². The maximum Gasteiger partial charge on any atom is 0.423 e. The van der Waals surface area contributed by atoms with E-state index in [0.29, 0.717) is 27.9 Å². The quantitative estimate of drug-likeness (QED) is 0.251. The van der Waals surface area contributed by atoms with Gasteiger partial charge >= 0.3 is 11.9 Å². The summed E-state index contributed by atoms with van der Waals surface area (Å²) < 4.78 is 16.4. The van der Waals surface area contributed by atoms with E-state index < -0.39 is 11.9 Å². The molecule has 2 aliphatic heterocycles. The predicted octanol–water partition coefficient (Wildman–Crippen LogP) is 1.97. The van der Waals surface area contributed by atoms with E-state index in [1.54, 1.807) is 24.3 Å². The Morgan fingerprint density at radius 3 is 2.56 bits per heavy atom. The van der Waals surface area contributed by atoms with Crippen molar-refractivity contribution in [3.63, 3.8) is 0 Å². The summed E-state index contributed by atoms with van der Waals surface area (Å²) in [7, 11) is 0. The van der Waals surface area contributed by atoms with E-state index in [1.807, 2.05) is 18.2 Å². The maximum atomic E-state index is 12.3. The molecule has 2 aliphatic rings. The minimum Gasteiger partial charge on any atom is -0.490 e. The number of aliphatic hydroxyl groups is 1. The number of carbonyl (C=O) groups is 2. The zero-order valence-electron chi connectivity index (χ0n) is 19.8. The molecule has 5 rings (SSSR count). The highest BCUT2D eigenvalue weighted by molar-refractivity contribution is 6.32. The van der Waals surface area contributed by atoms with E-state index in [0.717, 1.165) is 32.7 Å². The van der Waals surface area contributed by atoms with Gasteiger partial charge in [0.05, 0.1) is 17.6 Å². The summed E-state index contributed by atoms with van der Waals surface area (Å²) in [6.07, 6.45) is 0. The van der Waals surface area contributed by atoms with Crippen molar-refractivity contribution in [3.05, 3.63) is 53.7 Å². The number of pyridine rings is 1. The smallest absolute Gasteiger partial charge is 0.423 e. The molecule has 0 atom stereocenters. The van der Waals surface area contributed by atoms with Crippen molar-refractivity contribution >= 4 is 28.5 Å². The molecule has 0 saturated carbocycles. The van der Waals surface area contributed by atoms with Gasteiger partial charge in [-0.15, -0.1) is 0 Å². The van der Waals surface area contributed by atoms with Crippen LogP contribution in [0.5, 0.6) is 17.2 Å². The average molecular weight is 488 g/mol. The Labute approximate surface area is 208 Å². The van der Waals surface area contributed by atoms with E-state index >= 15 is 0 Å². The lowest BCUT2D eigenvalue weighted by atomic mass is 10.1. The topological polar surface area (TPSA) is 101 Å². The van der Waals surface area contributed by atoms with Crippen LogP contribution < -0.4 is 19.1 Å². The summed E-state index contributed by atoms with van der Waals surface area (Å²) in [6.45, 7) is 6.44. The van der Waals surface area contributed by atoms with Crippen molar-refractivity contribution in [1.29, 1.82) is 0 Å². The van der Waals surface area contributed by atoms with Gasteiger partial charge in [-0.3, -0.25) is 0 Å². The van der Waals surface area contributed by atoms with Crippen LogP contribution in [0.25, 0.3) is 10.8 Å². The Kier molecular flexibility index (Phi) is 6.71. The lowest BCUT2D eigenvalue weighted by Gasteiger charge is -2.35. The normalized spacial score (nSPS) is 15.6. The minimum absolute atomic E-state index is 0.0913. The molecule has 1 aromatic heterocycles. The number of nitrogens with zero attached hydrogens (tertiary/aromatic N) is 3. The molecular formula is C27H25N3O6. The summed E-state index contributed by atoms with van der Waals surface area (Å²) in [5.41, 5.74) is 0.796. The number of hydrogen-bond acceptors (Lipinski definition) is 9. The molecule has 0 bridgehead atoms. The molecule has 36 heavy (non-hydrogen) atoms. The summed E-state index contributed by atoms with van der Waals surface area (Å²) in [6, 6.07) is 12.4. The van der Waals surface area contributed by atoms with Crippen molar-refractivity contribution in [3.8, 4) is 29.1 Å². The Balaban J connectivity index is 1.67. The zero-order chi connectivity index (χ0) is 25.1. The third-order valence-electron chi connectivity index (χ3n) is 6.16. The average Bonchev–Trinajstić information content (AvgIpc) is 3.04. The van der Waals surface area contributed by atoms with Crippen molar-refractivity contribution in [1.82, 2.24) is 9.88 Å². The number of ether oxygens (including phenoxy) is 3. The molecule has 0 unspecified atom stereocenters. The van der Waals surface area contributed by atoms with Crippen molar-refractivity contribution in [2.45, 2.75) is 6.92 Å². The zero-order valence-corrected chi connectivity index (χ0v) is 19.8. The first kappa shape index (κ1) is 23.6. The molecule has 2 aromatic carbocycles. The highest BCUT2D eigenvalue weighted by Crippen LogP contribution is 2.42. The number of esters is 2. The van der Waals surface area contributed by atoms with E-state index in [2.05, 4.69) is 28.6 Å². The molecule has 0 radical (unpaired) electrons. The van der Waals surface area contributed by atoms with Crippen LogP contribution in [0, 0.1) is 11.8 Å². The van der Waals surface area contributed by atoms with Gasteiger partial charge in [0, 0.05) is 31.6 Å². The molecule has 3 heterocycles. The number of anilines is 1. The molecule has 1 saturated heterocycles. The van der Waals surface area contributed by atoms with Gasteiger partial charge in [0.25, 0.3) is 0 Å². The largest absolute Gasteiger partial charge is 0.490 e. The van der Waals surface area contributed by atoms with E-state index in [9.17, 15) is 9.59 Å². The van der Waals surface area contributed by atoms with Gasteiger partial charge in [0.2, 0.25) is 0 Å². The highest BCUT2D eigenvalue weighted by Gasteiger charge is 2.31. The third-order valence-corrected chi connectivity index (χ3v) is 6.16. The van der Waals surface area contributed by atoms with E-state index in [4.69, 9.17) is 24.3 Å². The second kappa shape index (κ2) is 10.2.